The van der Waals surface area contributed by atoms with Gasteiger partial charge in [-0.1, -0.05) is 75.8 Å². The minimum atomic E-state index is -4.42. The summed E-state index contributed by atoms with van der Waals surface area (Å²) < 4.78 is 58.6. The van der Waals surface area contributed by atoms with Gasteiger partial charge in [0.25, 0.3) is 27.8 Å². The number of thiazole rings is 1. The summed E-state index contributed by atoms with van der Waals surface area (Å²) in [4.78, 5) is 149. The van der Waals surface area contributed by atoms with E-state index in [2.05, 4.69) is 40.1 Å². The minimum Gasteiger partial charge on any atom is -0.479 e. The van der Waals surface area contributed by atoms with E-state index in [4.69, 9.17) is 29.0 Å². The molecule has 36 heteroatoms. The van der Waals surface area contributed by atoms with Crippen molar-refractivity contribution in [3.63, 3.8) is 0 Å². The summed E-state index contributed by atoms with van der Waals surface area (Å²) in [6.07, 6.45) is 1.68. The van der Waals surface area contributed by atoms with E-state index in [1.165, 1.54) is 35.3 Å². The highest BCUT2D eigenvalue weighted by molar-refractivity contribution is 7.85. The van der Waals surface area contributed by atoms with E-state index in [1.54, 1.807) is 45.3 Å². The van der Waals surface area contributed by atoms with E-state index in [0.29, 0.717) is 71.2 Å². The minimum absolute atomic E-state index is 0.0255. The number of rotatable bonds is 33. The fourth-order valence-corrected chi connectivity index (χ4v) is 18.6. The number of hydrogen-bond donors (Lipinski definition) is 10. The number of likely N-dealkylation sites (tertiary alicyclic amines) is 1. The largest absolute Gasteiger partial charge is 0.479 e. The van der Waals surface area contributed by atoms with E-state index in [9.17, 15) is 86.4 Å². The number of para-hydroxylation sites is 1. The van der Waals surface area contributed by atoms with Gasteiger partial charge in [0.05, 0.1) is 66.8 Å². The lowest BCUT2D eigenvalue weighted by Crippen LogP contribution is -2.59. The van der Waals surface area contributed by atoms with Crippen LogP contribution in [0.15, 0.2) is 91.1 Å². The molecule has 2 saturated heterocycles. The van der Waals surface area contributed by atoms with Crippen molar-refractivity contribution in [3.8, 4) is 11.1 Å². The van der Waals surface area contributed by atoms with Crippen molar-refractivity contribution in [1.82, 2.24) is 45.1 Å². The molecule has 7 aliphatic rings. The van der Waals surface area contributed by atoms with Crippen LogP contribution >= 0.6 is 11.3 Å². The van der Waals surface area contributed by atoms with Crippen LogP contribution in [0.2, 0.25) is 0 Å². The summed E-state index contributed by atoms with van der Waals surface area (Å²) in [5, 5.41) is 69.2. The average molecular weight is 1670 g/mol. The molecule has 13 atom stereocenters. The van der Waals surface area contributed by atoms with Crippen LogP contribution < -0.4 is 26.2 Å². The SMILES string of the molecule is CCCC1(C)CCC2CCC(Cn3ncc(-c4ccc(N5CCc6cccc(C(=O)Nc7nc8ccccc8s7)c6C5)nc4C(=O)O)c3C)(CC2OCCN(C)C(=O)OCc2ccc(NC(=O)[C@H](C)NC(=O)[C@@H](NC(=O)CN3C(=O)[C@@H](N4C(=O)C=CC4=O)C[C@H]3COCCS(=O)(=O)O)C(C)C)cc2CC[C@@H]2O[C@H](C(=O)O)[C@@H](O)[C@H](O)[C@H]2O)C1. The Morgan fingerprint density at radius 3 is 2.33 bits per heavy atom. The zero-order valence-electron chi connectivity index (χ0n) is 66.8. The number of likely N-dealkylation sites (N-methyl/N-ethyl adjacent to an activating group) is 1. The van der Waals surface area contributed by atoms with Gasteiger partial charge in [0.2, 0.25) is 23.6 Å². The summed E-state index contributed by atoms with van der Waals surface area (Å²) >= 11 is 1.39. The predicted molar refractivity (Wildman–Crippen MR) is 429 cm³/mol. The molecule has 3 aromatic heterocycles. The number of nitrogens with zero attached hydrogens (tertiary/aromatic N) is 8. The monoisotopic (exact) mass is 1670 g/mol. The quantitative estimate of drug-likeness (QED) is 0.0127. The molecule has 3 aliphatic carbocycles. The number of aromatic carboxylic acids is 1. The number of ether oxygens (including phenoxy) is 4. The van der Waals surface area contributed by atoms with E-state index >= 15 is 0 Å². The molecule has 0 spiro atoms. The Bertz CT molecular complexity index is 4910. The van der Waals surface area contributed by atoms with Gasteiger partial charge >= 0.3 is 18.0 Å². The highest BCUT2D eigenvalue weighted by Crippen LogP contribution is 2.55. The maximum atomic E-state index is 14.0. The summed E-state index contributed by atoms with van der Waals surface area (Å²) in [6.45, 7) is 11.0. The van der Waals surface area contributed by atoms with Gasteiger partial charge in [-0.15, -0.1) is 0 Å². The van der Waals surface area contributed by atoms with E-state index in [0.717, 1.165) is 93.9 Å². The molecule has 634 valence electrons. The van der Waals surface area contributed by atoms with Crippen LogP contribution in [0.4, 0.5) is 21.4 Å². The van der Waals surface area contributed by atoms with Crippen LogP contribution in [0.5, 0.6) is 0 Å². The first-order valence-electron chi connectivity index (χ1n) is 39.7. The van der Waals surface area contributed by atoms with Crippen LogP contribution in [-0.2, 0) is 95.2 Å². The number of carboxylic acids is 2. The van der Waals surface area contributed by atoms with Crippen molar-refractivity contribution in [2.24, 2.45) is 22.7 Å². The third-order valence-electron chi connectivity index (χ3n) is 23.6. The number of fused-ring (bicyclic) bond motifs is 7. The molecule has 10 N–H and O–H groups in total. The molecule has 6 aromatic rings. The molecule has 3 aromatic carbocycles. The highest BCUT2D eigenvalue weighted by Gasteiger charge is 2.51. The van der Waals surface area contributed by atoms with Crippen LogP contribution in [0, 0.1) is 29.6 Å². The lowest BCUT2D eigenvalue weighted by Gasteiger charge is -2.52. The van der Waals surface area contributed by atoms with Crippen molar-refractivity contribution in [2.45, 2.75) is 199 Å². The first-order chi connectivity index (χ1) is 56.1. The zero-order valence-corrected chi connectivity index (χ0v) is 68.4. The molecule has 13 rings (SSSR count). The summed E-state index contributed by atoms with van der Waals surface area (Å²) in [5.41, 5.74) is 5.61. The van der Waals surface area contributed by atoms with Crippen molar-refractivity contribution in [2.75, 3.05) is 67.8 Å². The second-order valence-electron chi connectivity index (χ2n) is 32.4. The van der Waals surface area contributed by atoms with Gasteiger partial charge in [-0.05, 0) is 165 Å². The smallest absolute Gasteiger partial charge is 0.409 e. The Kier molecular flexibility index (Phi) is 27.3. The number of anilines is 3. The highest BCUT2D eigenvalue weighted by atomic mass is 32.2. The molecular weight excluding hydrogens is 1570 g/mol. The third kappa shape index (κ3) is 20.2. The second-order valence-corrected chi connectivity index (χ2v) is 35.0. The van der Waals surface area contributed by atoms with Gasteiger partial charge < -0.3 is 75.1 Å². The number of hydrogen-bond acceptors (Lipinski definition) is 24. The third-order valence-corrected chi connectivity index (χ3v) is 25.3. The summed E-state index contributed by atoms with van der Waals surface area (Å²) in [5.74, 6) is -8.49. The number of imide groups is 1. The number of amides is 8. The standard InChI is InChI=1S/C82H102N12O22S2/c1-8-27-81(6)28-24-49-25-29-82(43-81,44-93-47(5)56(38-83-93)54-19-21-63(87-68(54)77(105)106)91-30-26-48-12-11-13-55(57(48)39-91)74(102)89-79-86-58-14-9-10-15-62(58)117-79)37-61(49)114-32-31-90(7)80(109)115-41-51-16-18-52(35-50(51)17-20-60-69(98)70(99)71(100)72(116-60)78(107)108)85-73(101)46(4)84-75(103)67(45(2)3)88-64(95)40-92-53(42-113-33-34-118(110,111)112)36-59(76(92)104)94-65(96)22-23-66(94)97/h9-16,18-19,21-23,35,38,45-46,49,53,59-61,67,69-72,98-100H,8,17,20,24-34,36-37,39-44H2,1-7H3,(H,84,103)(H,85,101)(H,88,95)(H,105,106)(H,107,108)(H,86,89,102)(H,110,111,112)/t46-,49?,53-,59-,60-,61?,67-,69-,70+,71-,72-,81?,82?/m0/s1. The van der Waals surface area contributed by atoms with Crippen LogP contribution in [0.1, 0.15) is 148 Å². The lowest BCUT2D eigenvalue weighted by atomic mass is 9.56. The van der Waals surface area contributed by atoms with Crippen molar-refractivity contribution in [3.05, 3.63) is 130 Å². The number of carbonyl (C=O) groups is 10. The first kappa shape index (κ1) is 87.1. The number of aliphatic hydroxyl groups excluding tert-OH is 3. The second kappa shape index (κ2) is 37.0. The van der Waals surface area contributed by atoms with Crippen LogP contribution in [-0.4, -0.2) is 245 Å². The zero-order chi connectivity index (χ0) is 84.8. The number of aliphatic hydroxyl groups is 3. The van der Waals surface area contributed by atoms with Gasteiger partial charge in [-0.3, -0.25) is 53.0 Å². The molecule has 4 aliphatic heterocycles. The summed E-state index contributed by atoms with van der Waals surface area (Å²) in [7, 11) is -2.85. The molecule has 3 saturated carbocycles. The van der Waals surface area contributed by atoms with Crippen molar-refractivity contribution >= 4 is 108 Å². The number of carbonyl (C=O) groups excluding carboxylic acids is 8. The molecule has 0 radical (unpaired) electrons. The maximum absolute atomic E-state index is 14.0. The van der Waals surface area contributed by atoms with E-state index in [-0.39, 0.29) is 85.8 Å². The van der Waals surface area contributed by atoms with Crippen molar-refractivity contribution < 1.29 is 105 Å². The molecule has 34 nitrogen and oxygen atoms in total. The number of aliphatic carboxylic acids is 1. The van der Waals surface area contributed by atoms with E-state index in [1.807, 2.05) is 59.0 Å². The Morgan fingerprint density at radius 2 is 1.61 bits per heavy atom. The van der Waals surface area contributed by atoms with Crippen LogP contribution in [0.3, 0.4) is 0 Å². The molecule has 5 fully saturated rings. The Morgan fingerprint density at radius 1 is 0.856 bits per heavy atom. The topological polar surface area (TPSA) is 468 Å². The number of nitrogens with one attached hydrogen (secondary N) is 4. The van der Waals surface area contributed by atoms with Gasteiger partial charge in [0.15, 0.2) is 16.9 Å². The Balaban J connectivity index is 0.679. The van der Waals surface area contributed by atoms with Crippen molar-refractivity contribution in [1.29, 1.82) is 0 Å². The number of carboxylic acid groups (broad SMARTS) is 2. The fraction of sp³-hybridized carbons (Fsp3) is 0.524. The molecule has 7 heterocycles. The maximum Gasteiger partial charge on any atom is 0.409 e. The lowest BCUT2D eigenvalue weighted by molar-refractivity contribution is -0.228. The molecule has 4 unspecified atom stereocenters. The molecular formula is C82H102N12O22S2. The average Bonchev–Trinajstić information content (AvgIpc) is 1.34. The fourth-order valence-electron chi connectivity index (χ4n) is 17.4. The normalized spacial score (nSPS) is 24.3. The number of aromatic nitrogens is 4. The van der Waals surface area contributed by atoms with Gasteiger partial charge in [-0.25, -0.2) is 24.4 Å². The van der Waals surface area contributed by atoms with E-state index < -0.39 is 143 Å². The van der Waals surface area contributed by atoms with Gasteiger partial charge in [0, 0.05) is 79.9 Å². The van der Waals surface area contributed by atoms with Gasteiger partial charge in [-0.2, -0.15) is 13.5 Å². The number of benzene rings is 3. The Hall–Kier alpha value is -10.2. The summed E-state index contributed by atoms with van der Waals surface area (Å²) in [6, 6.07) is 16.7. The van der Waals surface area contributed by atoms with Gasteiger partial charge in [0.1, 0.15) is 48.9 Å². The molecule has 8 amide bonds. The van der Waals surface area contributed by atoms with Crippen LogP contribution in [0.25, 0.3) is 21.3 Å². The predicted octanol–water partition coefficient (Wildman–Crippen LogP) is 6.06. The number of aryl methyl sites for hydroxylation is 1. The molecule has 118 heavy (non-hydrogen) atoms. The number of pyridine rings is 1. The Labute approximate surface area is 685 Å². The first-order valence-corrected chi connectivity index (χ1v) is 42.1. The molecule has 2 bridgehead atoms.